The maximum absolute atomic E-state index is 10.6. The predicted molar refractivity (Wildman–Crippen MR) is 87.0 cm³/mol. The van der Waals surface area contributed by atoms with Crippen LogP contribution in [0.4, 0.5) is 5.69 Å². The van der Waals surface area contributed by atoms with E-state index >= 15 is 0 Å². The molecule has 0 amide bonds. The summed E-state index contributed by atoms with van der Waals surface area (Å²) in [5.74, 6) is 0. The first-order valence-corrected chi connectivity index (χ1v) is 6.88. The van der Waals surface area contributed by atoms with E-state index in [0.717, 1.165) is 16.3 Å². The van der Waals surface area contributed by atoms with Crippen LogP contribution in [0.1, 0.15) is 5.56 Å². The van der Waals surface area contributed by atoms with Crippen molar-refractivity contribution >= 4 is 22.7 Å². The van der Waals surface area contributed by atoms with E-state index in [2.05, 4.69) is 15.3 Å². The van der Waals surface area contributed by atoms with E-state index in [4.69, 9.17) is 0 Å². The van der Waals surface area contributed by atoms with Gasteiger partial charge in [-0.25, -0.2) is 4.68 Å². The van der Waals surface area contributed by atoms with Crippen LogP contribution in [-0.4, -0.2) is 20.9 Å². The highest BCUT2D eigenvalue weighted by molar-refractivity contribution is 5.81. The van der Waals surface area contributed by atoms with E-state index in [1.807, 2.05) is 24.3 Å². The molecule has 7 heteroatoms. The molecule has 3 rings (SSSR count). The molecule has 0 radical (unpaired) electrons. The Morgan fingerprint density at radius 1 is 1.17 bits per heavy atom. The molecule has 0 saturated heterocycles. The van der Waals surface area contributed by atoms with Crippen molar-refractivity contribution in [3.05, 3.63) is 75.9 Å². The SMILES string of the molecule is Cn1ncc2ccccc2/c1=N/N=C\c1ccc([N+](=O)[O-])cc1. The minimum absolute atomic E-state index is 0.0451. The summed E-state index contributed by atoms with van der Waals surface area (Å²) in [7, 11) is 1.80. The van der Waals surface area contributed by atoms with Crippen molar-refractivity contribution in [3.8, 4) is 0 Å². The van der Waals surface area contributed by atoms with Gasteiger partial charge in [0.05, 0.1) is 17.3 Å². The number of hydrogen-bond donors (Lipinski definition) is 0. The molecule has 23 heavy (non-hydrogen) atoms. The number of benzene rings is 2. The minimum atomic E-state index is -0.437. The van der Waals surface area contributed by atoms with Gasteiger partial charge in [-0.1, -0.05) is 24.3 Å². The molecule has 0 aliphatic rings. The Hall–Kier alpha value is -3.35. The Kier molecular flexibility index (Phi) is 3.92. The van der Waals surface area contributed by atoms with Crippen molar-refractivity contribution < 1.29 is 4.92 Å². The summed E-state index contributed by atoms with van der Waals surface area (Å²) >= 11 is 0. The second-order valence-corrected chi connectivity index (χ2v) is 4.87. The van der Waals surface area contributed by atoms with Gasteiger partial charge in [0.15, 0.2) is 5.49 Å². The van der Waals surface area contributed by atoms with Gasteiger partial charge in [0.25, 0.3) is 5.69 Å². The van der Waals surface area contributed by atoms with E-state index < -0.39 is 4.92 Å². The Labute approximate surface area is 131 Å². The van der Waals surface area contributed by atoms with Gasteiger partial charge in [-0.3, -0.25) is 10.1 Å². The third kappa shape index (κ3) is 3.13. The fourth-order valence-electron chi connectivity index (χ4n) is 2.14. The van der Waals surface area contributed by atoms with Gasteiger partial charge in [0, 0.05) is 30.0 Å². The lowest BCUT2D eigenvalue weighted by molar-refractivity contribution is -0.384. The van der Waals surface area contributed by atoms with Gasteiger partial charge in [0.1, 0.15) is 0 Å². The molecule has 0 saturated carbocycles. The zero-order valence-corrected chi connectivity index (χ0v) is 12.3. The highest BCUT2D eigenvalue weighted by Crippen LogP contribution is 2.10. The minimum Gasteiger partial charge on any atom is -0.258 e. The molecule has 1 heterocycles. The van der Waals surface area contributed by atoms with Gasteiger partial charge in [-0.15, -0.1) is 5.10 Å². The first-order chi connectivity index (χ1) is 11.1. The van der Waals surface area contributed by atoms with Crippen molar-refractivity contribution in [1.29, 1.82) is 0 Å². The van der Waals surface area contributed by atoms with Gasteiger partial charge in [-0.2, -0.15) is 10.2 Å². The zero-order valence-electron chi connectivity index (χ0n) is 12.3. The summed E-state index contributed by atoms with van der Waals surface area (Å²) in [4.78, 5) is 10.2. The molecule has 0 spiro atoms. The fourth-order valence-corrected chi connectivity index (χ4v) is 2.14. The molecule has 2 aromatic carbocycles. The van der Waals surface area contributed by atoms with Crippen molar-refractivity contribution in [1.82, 2.24) is 9.78 Å². The fraction of sp³-hybridized carbons (Fsp3) is 0.0625. The molecule has 0 N–H and O–H groups in total. The summed E-state index contributed by atoms with van der Waals surface area (Å²) in [6, 6.07) is 13.9. The maximum Gasteiger partial charge on any atom is 0.269 e. The monoisotopic (exact) mass is 307 g/mol. The standard InChI is InChI=1S/C16H13N5O2/c1-20-16(15-5-3-2-4-13(15)11-18-20)19-17-10-12-6-8-14(9-7-12)21(22)23/h2-11H,1H3/b17-10-,19-16-. The quantitative estimate of drug-likeness (QED) is 0.423. The van der Waals surface area contributed by atoms with Crippen LogP contribution in [0.25, 0.3) is 10.8 Å². The lowest BCUT2D eigenvalue weighted by Gasteiger charge is -2.01. The highest BCUT2D eigenvalue weighted by atomic mass is 16.6. The third-order valence-corrected chi connectivity index (χ3v) is 3.34. The average molecular weight is 307 g/mol. The maximum atomic E-state index is 10.6. The number of rotatable bonds is 3. The second kappa shape index (κ2) is 6.18. The van der Waals surface area contributed by atoms with Crippen LogP contribution in [0, 0.1) is 10.1 Å². The summed E-state index contributed by atoms with van der Waals surface area (Å²) in [5.41, 5.74) is 1.42. The van der Waals surface area contributed by atoms with E-state index in [-0.39, 0.29) is 5.69 Å². The number of nitrogens with zero attached hydrogens (tertiary/aromatic N) is 5. The second-order valence-electron chi connectivity index (χ2n) is 4.87. The molecule has 1 aromatic heterocycles. The van der Waals surface area contributed by atoms with E-state index in [9.17, 15) is 10.1 Å². The van der Waals surface area contributed by atoms with E-state index in [1.54, 1.807) is 36.3 Å². The predicted octanol–water partition coefficient (Wildman–Crippen LogP) is 2.42. The molecule has 114 valence electrons. The number of fused-ring (bicyclic) bond motifs is 1. The summed E-state index contributed by atoms with van der Waals surface area (Å²) in [5, 5.41) is 25.1. The van der Waals surface area contributed by atoms with Crippen molar-refractivity contribution in [2.24, 2.45) is 17.3 Å². The summed E-state index contributed by atoms with van der Waals surface area (Å²) < 4.78 is 1.65. The Morgan fingerprint density at radius 2 is 1.91 bits per heavy atom. The molecular formula is C16H13N5O2. The van der Waals surface area contributed by atoms with Gasteiger partial charge >= 0.3 is 0 Å². The molecular weight excluding hydrogens is 294 g/mol. The molecule has 0 fully saturated rings. The summed E-state index contributed by atoms with van der Waals surface area (Å²) in [6.45, 7) is 0. The number of hydrogen-bond acceptors (Lipinski definition) is 5. The molecule has 0 bridgehead atoms. The van der Waals surface area contributed by atoms with Gasteiger partial charge in [-0.05, 0) is 17.7 Å². The van der Waals surface area contributed by atoms with Crippen LogP contribution in [0.15, 0.2) is 64.9 Å². The van der Waals surface area contributed by atoms with Crippen molar-refractivity contribution in [2.75, 3.05) is 0 Å². The van der Waals surface area contributed by atoms with Crippen LogP contribution in [0.2, 0.25) is 0 Å². The average Bonchev–Trinajstić information content (AvgIpc) is 2.57. The van der Waals surface area contributed by atoms with Crippen molar-refractivity contribution in [2.45, 2.75) is 0 Å². The highest BCUT2D eigenvalue weighted by Gasteiger charge is 2.02. The first-order valence-electron chi connectivity index (χ1n) is 6.88. The van der Waals surface area contributed by atoms with Crippen LogP contribution in [0.5, 0.6) is 0 Å². The molecule has 0 aliphatic heterocycles. The topological polar surface area (TPSA) is 85.7 Å². The molecule has 7 nitrogen and oxygen atoms in total. The largest absolute Gasteiger partial charge is 0.269 e. The number of aryl methyl sites for hydroxylation is 1. The van der Waals surface area contributed by atoms with Crippen LogP contribution < -0.4 is 5.49 Å². The molecule has 0 unspecified atom stereocenters. The lowest BCUT2D eigenvalue weighted by atomic mass is 10.2. The molecule has 0 atom stereocenters. The van der Waals surface area contributed by atoms with E-state index in [1.165, 1.54) is 12.1 Å². The number of nitro benzene ring substituents is 1. The van der Waals surface area contributed by atoms with Crippen LogP contribution >= 0.6 is 0 Å². The van der Waals surface area contributed by atoms with Gasteiger partial charge < -0.3 is 0 Å². The van der Waals surface area contributed by atoms with Crippen LogP contribution in [-0.2, 0) is 7.05 Å². The third-order valence-electron chi connectivity index (χ3n) is 3.34. The van der Waals surface area contributed by atoms with Gasteiger partial charge in [0.2, 0.25) is 0 Å². The number of aromatic nitrogens is 2. The molecule has 0 aliphatic carbocycles. The smallest absolute Gasteiger partial charge is 0.258 e. The zero-order chi connectivity index (χ0) is 16.2. The van der Waals surface area contributed by atoms with Crippen LogP contribution in [0.3, 0.4) is 0 Å². The Morgan fingerprint density at radius 3 is 2.65 bits per heavy atom. The number of nitro groups is 1. The van der Waals surface area contributed by atoms with E-state index in [0.29, 0.717) is 5.49 Å². The Bertz CT molecular complexity index is 958. The summed E-state index contributed by atoms with van der Waals surface area (Å²) in [6.07, 6.45) is 3.32. The molecule has 3 aromatic rings. The van der Waals surface area contributed by atoms with Crippen molar-refractivity contribution in [3.63, 3.8) is 0 Å². The Balaban J connectivity index is 1.96. The number of non-ortho nitro benzene ring substituents is 1. The first kappa shape index (κ1) is 14.6. The lowest BCUT2D eigenvalue weighted by Crippen LogP contribution is -2.20. The normalized spacial score (nSPS) is 12.1.